The van der Waals surface area contributed by atoms with Crippen LogP contribution in [-0.4, -0.2) is 26.2 Å². The van der Waals surface area contributed by atoms with E-state index < -0.39 is 0 Å². The molecule has 0 aromatic carbocycles. The summed E-state index contributed by atoms with van der Waals surface area (Å²) in [6, 6.07) is 3.75. The lowest BCUT2D eigenvalue weighted by Crippen LogP contribution is -2.30. The van der Waals surface area contributed by atoms with Crippen LogP contribution in [0.3, 0.4) is 0 Å². The van der Waals surface area contributed by atoms with E-state index in [0.29, 0.717) is 5.41 Å². The van der Waals surface area contributed by atoms with Crippen LogP contribution in [0.2, 0.25) is 0 Å². The Bertz CT molecular complexity index is 401. The molecule has 1 heterocycles. The number of carbonyl (C=O) groups is 1. The van der Waals surface area contributed by atoms with Crippen LogP contribution in [-0.2, 0) is 4.74 Å². The molecule has 5 heteroatoms. The van der Waals surface area contributed by atoms with Crippen LogP contribution in [0.5, 0.6) is 0 Å². The Labute approximate surface area is 114 Å². The maximum Gasteiger partial charge on any atom is 0.261 e. The SMILES string of the molecule is COCCC1(CNC(=O)c2ccc(Br)s2)CC1. The van der Waals surface area contributed by atoms with Crippen molar-refractivity contribution in [2.45, 2.75) is 19.3 Å². The molecule has 1 aromatic heterocycles. The Morgan fingerprint density at radius 1 is 1.59 bits per heavy atom. The molecule has 17 heavy (non-hydrogen) atoms. The van der Waals surface area contributed by atoms with E-state index in [1.54, 1.807) is 7.11 Å². The van der Waals surface area contributed by atoms with Crippen molar-refractivity contribution in [3.63, 3.8) is 0 Å². The molecule has 1 aliphatic rings. The van der Waals surface area contributed by atoms with Crippen molar-refractivity contribution in [3.8, 4) is 0 Å². The van der Waals surface area contributed by atoms with Crippen molar-refractivity contribution in [2.24, 2.45) is 5.41 Å². The highest BCUT2D eigenvalue weighted by Gasteiger charge is 2.42. The van der Waals surface area contributed by atoms with Gasteiger partial charge in [-0.15, -0.1) is 11.3 Å². The topological polar surface area (TPSA) is 38.3 Å². The molecule has 0 saturated heterocycles. The number of methoxy groups -OCH3 is 1. The van der Waals surface area contributed by atoms with Crippen molar-refractivity contribution >= 4 is 33.2 Å². The first-order valence-corrected chi connectivity index (χ1v) is 7.29. The van der Waals surface area contributed by atoms with Crippen LogP contribution in [0.15, 0.2) is 15.9 Å². The minimum Gasteiger partial charge on any atom is -0.385 e. The number of thiophene rings is 1. The summed E-state index contributed by atoms with van der Waals surface area (Å²) in [7, 11) is 1.72. The predicted molar refractivity (Wildman–Crippen MR) is 72.5 cm³/mol. The molecule has 2 rings (SSSR count). The maximum atomic E-state index is 11.9. The number of amides is 1. The number of halogens is 1. The number of rotatable bonds is 6. The van der Waals surface area contributed by atoms with Crippen molar-refractivity contribution in [3.05, 3.63) is 20.8 Å². The van der Waals surface area contributed by atoms with Crippen molar-refractivity contribution in [1.82, 2.24) is 5.32 Å². The van der Waals surface area contributed by atoms with E-state index in [2.05, 4.69) is 21.2 Å². The highest BCUT2D eigenvalue weighted by Crippen LogP contribution is 2.48. The molecular formula is C12H16BrNO2S. The quantitative estimate of drug-likeness (QED) is 0.875. The molecule has 0 radical (unpaired) electrons. The summed E-state index contributed by atoms with van der Waals surface area (Å²) >= 11 is 4.82. The summed E-state index contributed by atoms with van der Waals surface area (Å²) in [6.45, 7) is 1.55. The van der Waals surface area contributed by atoms with Crippen molar-refractivity contribution in [1.29, 1.82) is 0 Å². The third-order valence-corrected chi connectivity index (χ3v) is 4.84. The predicted octanol–water partition coefficient (Wildman–Crippen LogP) is 3.06. The average Bonchev–Trinajstić information content (AvgIpc) is 2.97. The summed E-state index contributed by atoms with van der Waals surface area (Å²) in [5.41, 5.74) is 0.306. The first kappa shape index (κ1) is 13.1. The van der Waals surface area contributed by atoms with Crippen LogP contribution in [0, 0.1) is 5.41 Å². The van der Waals surface area contributed by atoms with Gasteiger partial charge in [0, 0.05) is 20.3 Å². The van der Waals surface area contributed by atoms with Crippen molar-refractivity contribution < 1.29 is 9.53 Å². The molecule has 1 saturated carbocycles. The monoisotopic (exact) mass is 317 g/mol. The van der Waals surface area contributed by atoms with E-state index in [4.69, 9.17) is 4.74 Å². The van der Waals surface area contributed by atoms with E-state index in [-0.39, 0.29) is 5.91 Å². The Hall–Kier alpha value is -0.390. The van der Waals surface area contributed by atoms with Crippen LogP contribution in [0.4, 0.5) is 0 Å². The van der Waals surface area contributed by atoms with Crippen LogP contribution >= 0.6 is 27.3 Å². The summed E-state index contributed by atoms with van der Waals surface area (Å²) in [5, 5.41) is 3.02. The highest BCUT2D eigenvalue weighted by atomic mass is 79.9. The summed E-state index contributed by atoms with van der Waals surface area (Å²) < 4.78 is 6.08. The average molecular weight is 318 g/mol. The molecule has 0 spiro atoms. The molecule has 1 aliphatic carbocycles. The molecule has 1 fully saturated rings. The lowest BCUT2D eigenvalue weighted by molar-refractivity contribution is 0.0942. The zero-order valence-corrected chi connectivity index (χ0v) is 12.2. The van der Waals surface area contributed by atoms with Gasteiger partial charge in [0.15, 0.2) is 0 Å². The third kappa shape index (κ3) is 3.53. The number of ether oxygens (including phenoxy) is 1. The zero-order chi connectivity index (χ0) is 12.3. The van der Waals surface area contributed by atoms with Gasteiger partial charge in [-0.25, -0.2) is 0 Å². The molecule has 1 aromatic rings. The lowest BCUT2D eigenvalue weighted by atomic mass is 10.0. The van der Waals surface area contributed by atoms with Crippen molar-refractivity contribution in [2.75, 3.05) is 20.3 Å². The second kappa shape index (κ2) is 5.50. The minimum absolute atomic E-state index is 0.0318. The van der Waals surface area contributed by atoms with Crippen LogP contribution in [0.25, 0.3) is 0 Å². The number of nitrogens with one attached hydrogen (secondary N) is 1. The lowest BCUT2D eigenvalue weighted by Gasteiger charge is -2.14. The van der Waals surface area contributed by atoms with Gasteiger partial charge in [0.05, 0.1) is 8.66 Å². The summed E-state index contributed by atoms with van der Waals surface area (Å²) in [6.07, 6.45) is 3.44. The molecular weight excluding hydrogens is 302 g/mol. The Morgan fingerprint density at radius 3 is 2.88 bits per heavy atom. The van der Waals surface area contributed by atoms with Gasteiger partial charge >= 0.3 is 0 Å². The normalized spacial score (nSPS) is 16.8. The van der Waals surface area contributed by atoms with Gasteiger partial charge in [-0.2, -0.15) is 0 Å². The molecule has 1 N–H and O–H groups in total. The van der Waals surface area contributed by atoms with Gasteiger partial charge in [-0.1, -0.05) is 0 Å². The largest absolute Gasteiger partial charge is 0.385 e. The highest BCUT2D eigenvalue weighted by molar-refractivity contribution is 9.11. The van der Waals surface area contributed by atoms with E-state index >= 15 is 0 Å². The van der Waals surface area contributed by atoms with Gasteiger partial charge in [0.1, 0.15) is 0 Å². The third-order valence-electron chi connectivity index (χ3n) is 3.21. The molecule has 94 valence electrons. The molecule has 0 bridgehead atoms. The fraction of sp³-hybridized carbons (Fsp3) is 0.583. The van der Waals surface area contributed by atoms with E-state index in [1.165, 1.54) is 24.2 Å². The van der Waals surface area contributed by atoms with E-state index in [9.17, 15) is 4.79 Å². The molecule has 0 atom stereocenters. The first-order valence-electron chi connectivity index (χ1n) is 5.68. The summed E-state index contributed by atoms with van der Waals surface area (Å²) in [5.74, 6) is 0.0318. The minimum atomic E-state index is 0.0318. The van der Waals surface area contributed by atoms with Gasteiger partial charge < -0.3 is 10.1 Å². The number of hydrogen-bond acceptors (Lipinski definition) is 3. The fourth-order valence-corrected chi connectivity index (χ4v) is 3.10. The smallest absolute Gasteiger partial charge is 0.261 e. The zero-order valence-electron chi connectivity index (χ0n) is 9.79. The molecule has 1 amide bonds. The second-order valence-electron chi connectivity index (χ2n) is 4.53. The van der Waals surface area contributed by atoms with Gasteiger partial charge in [0.2, 0.25) is 0 Å². The van der Waals surface area contributed by atoms with Gasteiger partial charge in [0.25, 0.3) is 5.91 Å². The number of carbonyl (C=O) groups excluding carboxylic acids is 1. The molecule has 3 nitrogen and oxygen atoms in total. The van der Waals surface area contributed by atoms with Crippen LogP contribution < -0.4 is 5.32 Å². The number of hydrogen-bond donors (Lipinski definition) is 1. The second-order valence-corrected chi connectivity index (χ2v) is 6.99. The van der Waals surface area contributed by atoms with Gasteiger partial charge in [-0.05, 0) is 52.7 Å². The summed E-state index contributed by atoms with van der Waals surface area (Å²) in [4.78, 5) is 12.6. The molecule has 0 unspecified atom stereocenters. The Balaban J connectivity index is 1.80. The Kier molecular flexibility index (Phi) is 4.22. The fourth-order valence-electron chi connectivity index (χ4n) is 1.80. The molecule has 0 aliphatic heterocycles. The maximum absolute atomic E-state index is 11.9. The first-order chi connectivity index (χ1) is 8.15. The van der Waals surface area contributed by atoms with Gasteiger partial charge in [-0.3, -0.25) is 4.79 Å². The standard InChI is InChI=1S/C12H16BrNO2S/c1-16-7-6-12(4-5-12)8-14-11(15)9-2-3-10(13)17-9/h2-3H,4-8H2,1H3,(H,14,15). The van der Waals surface area contributed by atoms with E-state index in [0.717, 1.165) is 28.2 Å². The Morgan fingerprint density at radius 2 is 2.35 bits per heavy atom. The van der Waals surface area contributed by atoms with E-state index in [1.807, 2.05) is 12.1 Å². The van der Waals surface area contributed by atoms with Crippen LogP contribution in [0.1, 0.15) is 28.9 Å².